The second-order valence-corrected chi connectivity index (χ2v) is 10.6. The number of alkyl carbamates (subject to hydrolysis) is 1. The van der Waals surface area contributed by atoms with Crippen molar-refractivity contribution in [1.29, 1.82) is 0 Å². The van der Waals surface area contributed by atoms with Crippen LogP contribution in [0.4, 0.5) is 16.2 Å². The van der Waals surface area contributed by atoms with Gasteiger partial charge in [-0.15, -0.1) is 0 Å². The van der Waals surface area contributed by atoms with Crippen molar-refractivity contribution in [3.63, 3.8) is 0 Å². The van der Waals surface area contributed by atoms with Gasteiger partial charge in [-0.05, 0) is 41.5 Å². The number of esters is 1. The molecule has 0 aliphatic carbocycles. The van der Waals surface area contributed by atoms with Crippen LogP contribution in [0.25, 0.3) is 0 Å². The van der Waals surface area contributed by atoms with Gasteiger partial charge in [0.2, 0.25) is 5.91 Å². The number of anilines is 2. The molecule has 0 radical (unpaired) electrons. The van der Waals surface area contributed by atoms with Crippen LogP contribution in [0.1, 0.15) is 27.9 Å². The van der Waals surface area contributed by atoms with E-state index in [1.165, 1.54) is 18.2 Å². The lowest BCUT2D eigenvalue weighted by Gasteiger charge is -2.19. The fourth-order valence-electron chi connectivity index (χ4n) is 4.22. The van der Waals surface area contributed by atoms with Crippen molar-refractivity contribution >= 4 is 58.5 Å². The summed E-state index contributed by atoms with van der Waals surface area (Å²) in [6.07, 6.45) is -1.68. The Labute approximate surface area is 280 Å². The Morgan fingerprint density at radius 2 is 1.25 bits per heavy atom. The molecule has 4 aromatic carbocycles. The molecule has 48 heavy (non-hydrogen) atoms. The van der Waals surface area contributed by atoms with Gasteiger partial charge >= 0.3 is 12.1 Å². The number of ketones is 1. The fraction of sp³-hybridized carbons (Fsp3) is 0.143. The fourth-order valence-corrected chi connectivity index (χ4v) is 4.39. The molecule has 4 N–H and O–H groups in total. The largest absolute Gasteiger partial charge is 0.460 e. The molecule has 0 aromatic heterocycles. The Kier molecular flexibility index (Phi) is 12.8. The Morgan fingerprint density at radius 1 is 0.667 bits per heavy atom. The summed E-state index contributed by atoms with van der Waals surface area (Å²) in [5, 5.41) is 9.63. The molecule has 0 heterocycles. The molecular weight excluding hydrogens is 640 g/mol. The summed E-state index contributed by atoms with van der Waals surface area (Å²) in [6.45, 7) is -0.821. The molecule has 0 saturated carbocycles. The van der Waals surface area contributed by atoms with Crippen molar-refractivity contribution in [2.24, 2.45) is 0 Å². The smallest absolute Gasteiger partial charge is 0.408 e. The van der Waals surface area contributed by atoms with Crippen molar-refractivity contribution in [2.75, 3.05) is 17.2 Å². The van der Waals surface area contributed by atoms with E-state index in [2.05, 4.69) is 21.3 Å². The zero-order valence-electron chi connectivity index (χ0n) is 25.4. The van der Waals surface area contributed by atoms with Crippen LogP contribution in [0, 0.1) is 0 Å². The average molecular weight is 671 g/mol. The first-order valence-electron chi connectivity index (χ1n) is 14.6. The van der Waals surface area contributed by atoms with E-state index in [9.17, 15) is 28.8 Å². The molecule has 4 aromatic rings. The van der Waals surface area contributed by atoms with Gasteiger partial charge in [0.15, 0.2) is 11.8 Å². The van der Waals surface area contributed by atoms with Crippen LogP contribution in [0.15, 0.2) is 109 Å². The highest BCUT2D eigenvalue weighted by Crippen LogP contribution is 2.23. The van der Waals surface area contributed by atoms with E-state index >= 15 is 0 Å². The van der Waals surface area contributed by atoms with Crippen LogP contribution >= 0.6 is 11.6 Å². The third-order valence-electron chi connectivity index (χ3n) is 6.57. The molecule has 4 amide bonds. The number of benzene rings is 4. The summed E-state index contributed by atoms with van der Waals surface area (Å²) >= 11 is 6.14. The van der Waals surface area contributed by atoms with E-state index in [-0.39, 0.29) is 29.5 Å². The minimum atomic E-state index is -1.93. The van der Waals surface area contributed by atoms with E-state index < -0.39 is 54.6 Å². The van der Waals surface area contributed by atoms with E-state index in [4.69, 9.17) is 21.1 Å². The SMILES string of the molecule is O=C(CC(=O)c1ccc(Cl)cc1NC(=O)C(NC(=O)OCc1ccccc1)C(=O)NCC(=O)OCc1ccccc1)Nc1ccccc1. The Hall–Kier alpha value is -6.01. The standard InChI is InChI=1S/C35H31ClN4O8/c36-25-16-17-27(29(41)19-30(42)38-26-14-8-3-9-15-26)28(18-25)39-34(45)32(40-35(46)48-22-24-12-6-2-7-13-24)33(44)37-20-31(43)47-21-23-10-4-1-5-11-23/h1-18,32H,19-22H2,(H,37,44)(H,38,42)(H,39,45)(H,40,46). The quantitative estimate of drug-likeness (QED) is 0.0854. The van der Waals surface area contributed by atoms with Gasteiger partial charge in [-0.3, -0.25) is 24.0 Å². The van der Waals surface area contributed by atoms with E-state index in [1.807, 2.05) is 0 Å². The number of halogens is 1. The van der Waals surface area contributed by atoms with Gasteiger partial charge in [0.05, 0.1) is 12.1 Å². The summed E-state index contributed by atoms with van der Waals surface area (Å²) in [5.41, 5.74) is 1.66. The second-order valence-electron chi connectivity index (χ2n) is 10.2. The van der Waals surface area contributed by atoms with E-state index in [0.717, 1.165) is 5.56 Å². The minimum Gasteiger partial charge on any atom is -0.460 e. The highest BCUT2D eigenvalue weighted by atomic mass is 35.5. The van der Waals surface area contributed by atoms with Crippen LogP contribution < -0.4 is 21.3 Å². The molecule has 4 rings (SSSR count). The van der Waals surface area contributed by atoms with Gasteiger partial charge < -0.3 is 30.7 Å². The van der Waals surface area contributed by atoms with Crippen LogP contribution in [0.3, 0.4) is 0 Å². The van der Waals surface area contributed by atoms with Crippen LogP contribution in [0.5, 0.6) is 0 Å². The molecule has 0 saturated heterocycles. The van der Waals surface area contributed by atoms with Gasteiger partial charge in [-0.25, -0.2) is 4.79 Å². The molecule has 12 nitrogen and oxygen atoms in total. The van der Waals surface area contributed by atoms with Gasteiger partial charge in [-0.2, -0.15) is 0 Å². The summed E-state index contributed by atoms with van der Waals surface area (Å²) in [7, 11) is 0. The monoisotopic (exact) mass is 670 g/mol. The highest BCUT2D eigenvalue weighted by molar-refractivity contribution is 6.31. The molecule has 1 unspecified atom stereocenters. The molecule has 13 heteroatoms. The zero-order valence-corrected chi connectivity index (χ0v) is 26.2. The molecular formula is C35H31ClN4O8. The van der Waals surface area contributed by atoms with Crippen molar-refractivity contribution in [3.8, 4) is 0 Å². The summed E-state index contributed by atoms with van der Waals surface area (Å²) in [6, 6.07) is 28.1. The molecule has 0 aliphatic heterocycles. The van der Waals surface area contributed by atoms with E-state index in [1.54, 1.807) is 91.0 Å². The van der Waals surface area contributed by atoms with Crippen LogP contribution in [-0.2, 0) is 41.9 Å². The number of rotatable bonds is 14. The number of ether oxygens (including phenoxy) is 2. The number of amides is 4. The third kappa shape index (κ3) is 11.1. The molecule has 0 spiro atoms. The number of hydrogen-bond donors (Lipinski definition) is 4. The Bertz CT molecular complexity index is 1750. The number of carbonyl (C=O) groups excluding carboxylic acids is 6. The first kappa shape index (κ1) is 34.9. The number of carbonyl (C=O) groups is 6. The predicted octanol–water partition coefficient (Wildman–Crippen LogP) is 4.64. The first-order chi connectivity index (χ1) is 23.2. The van der Waals surface area contributed by atoms with Gasteiger partial charge in [0.1, 0.15) is 19.8 Å². The summed E-state index contributed by atoms with van der Waals surface area (Å²) in [5.74, 6) is -4.22. The number of Topliss-reactive ketones (excluding diaryl/α,β-unsaturated/α-hetero) is 1. The number of para-hydroxylation sites is 1. The topological polar surface area (TPSA) is 169 Å². The maximum atomic E-state index is 13.5. The van der Waals surface area contributed by atoms with Gasteiger partial charge in [-0.1, -0.05) is 90.5 Å². The predicted molar refractivity (Wildman–Crippen MR) is 177 cm³/mol. The van der Waals surface area contributed by atoms with E-state index in [0.29, 0.717) is 11.3 Å². The normalized spacial score (nSPS) is 10.9. The van der Waals surface area contributed by atoms with Crippen LogP contribution in [0.2, 0.25) is 5.02 Å². The summed E-state index contributed by atoms with van der Waals surface area (Å²) < 4.78 is 10.3. The minimum absolute atomic E-state index is 0.0432. The first-order valence-corrected chi connectivity index (χ1v) is 15.0. The Balaban J connectivity index is 1.45. The van der Waals surface area contributed by atoms with Crippen molar-refractivity contribution in [3.05, 3.63) is 131 Å². The molecule has 1 atom stereocenters. The van der Waals surface area contributed by atoms with Gasteiger partial charge in [0, 0.05) is 16.3 Å². The lowest BCUT2D eigenvalue weighted by molar-refractivity contribution is -0.145. The Morgan fingerprint density at radius 3 is 1.88 bits per heavy atom. The molecule has 0 aliphatic rings. The van der Waals surface area contributed by atoms with Gasteiger partial charge in [0.25, 0.3) is 11.8 Å². The second kappa shape index (κ2) is 17.6. The molecule has 246 valence electrons. The van der Waals surface area contributed by atoms with Crippen molar-refractivity contribution in [1.82, 2.24) is 10.6 Å². The third-order valence-corrected chi connectivity index (χ3v) is 6.80. The zero-order chi connectivity index (χ0) is 34.3. The average Bonchev–Trinajstić information content (AvgIpc) is 3.09. The maximum absolute atomic E-state index is 13.5. The van der Waals surface area contributed by atoms with Crippen molar-refractivity contribution in [2.45, 2.75) is 25.7 Å². The van der Waals surface area contributed by atoms with Crippen LogP contribution in [-0.4, -0.2) is 48.2 Å². The number of nitrogens with one attached hydrogen (secondary N) is 4. The highest BCUT2D eigenvalue weighted by Gasteiger charge is 2.31. The van der Waals surface area contributed by atoms with Crippen molar-refractivity contribution < 1.29 is 38.2 Å². The lowest BCUT2D eigenvalue weighted by atomic mass is 10.0. The molecule has 0 fully saturated rings. The summed E-state index contributed by atoms with van der Waals surface area (Å²) in [4.78, 5) is 77.3. The lowest BCUT2D eigenvalue weighted by Crippen LogP contribution is -2.54. The molecule has 0 bridgehead atoms. The number of hydrogen-bond acceptors (Lipinski definition) is 8. The maximum Gasteiger partial charge on any atom is 0.408 e.